The molecule has 1 aliphatic rings. The van der Waals surface area contributed by atoms with E-state index in [0.29, 0.717) is 6.04 Å². The smallest absolute Gasteiger partial charge is 0.187 e. The standard InChI is InChI=1S/C12H16N4S/c1-9-7-14-12(15-8-9)17-5-4-11(6-13)16-10-2-3-10/h7-8,10-11,16H,2-5H2,1H3. The molecule has 0 radical (unpaired) electrons. The maximum Gasteiger partial charge on any atom is 0.187 e. The minimum atomic E-state index is -0.0274. The van der Waals surface area contributed by atoms with E-state index in [1.165, 1.54) is 12.8 Å². The maximum absolute atomic E-state index is 8.98. The third-order valence-corrected chi connectivity index (χ3v) is 3.47. The Balaban J connectivity index is 1.70. The molecule has 1 aliphatic carbocycles. The lowest BCUT2D eigenvalue weighted by atomic mass is 10.2. The van der Waals surface area contributed by atoms with Crippen molar-refractivity contribution in [2.45, 2.75) is 43.4 Å². The fourth-order valence-corrected chi connectivity index (χ4v) is 2.23. The number of hydrogen-bond acceptors (Lipinski definition) is 5. The first-order valence-corrected chi connectivity index (χ1v) is 6.83. The van der Waals surface area contributed by atoms with Gasteiger partial charge in [0.2, 0.25) is 0 Å². The molecule has 1 fully saturated rings. The highest BCUT2D eigenvalue weighted by molar-refractivity contribution is 7.99. The van der Waals surface area contributed by atoms with Crippen molar-refractivity contribution in [1.82, 2.24) is 15.3 Å². The van der Waals surface area contributed by atoms with E-state index in [-0.39, 0.29) is 6.04 Å². The van der Waals surface area contributed by atoms with Crippen LogP contribution in [0.2, 0.25) is 0 Å². The SMILES string of the molecule is Cc1cnc(SCCC(C#N)NC2CC2)nc1. The average Bonchev–Trinajstić information content (AvgIpc) is 3.14. The lowest BCUT2D eigenvalue weighted by Crippen LogP contribution is -2.29. The van der Waals surface area contributed by atoms with E-state index in [9.17, 15) is 0 Å². The van der Waals surface area contributed by atoms with E-state index >= 15 is 0 Å². The van der Waals surface area contributed by atoms with Gasteiger partial charge >= 0.3 is 0 Å². The van der Waals surface area contributed by atoms with Crippen molar-refractivity contribution in [1.29, 1.82) is 5.26 Å². The Morgan fingerprint density at radius 2 is 2.24 bits per heavy atom. The van der Waals surface area contributed by atoms with Gasteiger partial charge in [-0.25, -0.2) is 9.97 Å². The van der Waals surface area contributed by atoms with Crippen molar-refractivity contribution in [2.75, 3.05) is 5.75 Å². The number of thioether (sulfide) groups is 1. The van der Waals surface area contributed by atoms with Gasteiger partial charge in [-0.2, -0.15) is 5.26 Å². The van der Waals surface area contributed by atoms with Gasteiger partial charge in [-0.15, -0.1) is 0 Å². The van der Waals surface area contributed by atoms with Crippen LogP contribution in [0, 0.1) is 18.3 Å². The Kier molecular flexibility index (Phi) is 4.35. The molecule has 1 heterocycles. The van der Waals surface area contributed by atoms with Crippen LogP contribution in [-0.2, 0) is 0 Å². The number of nitrogens with zero attached hydrogens (tertiary/aromatic N) is 3. The van der Waals surface area contributed by atoms with Crippen LogP contribution in [0.25, 0.3) is 0 Å². The predicted molar refractivity (Wildman–Crippen MR) is 67.7 cm³/mol. The average molecular weight is 248 g/mol. The second kappa shape index (κ2) is 5.99. The van der Waals surface area contributed by atoms with Gasteiger partial charge in [0.1, 0.15) is 0 Å². The van der Waals surface area contributed by atoms with Crippen LogP contribution >= 0.6 is 11.8 Å². The Bertz CT molecular complexity index is 394. The molecule has 1 unspecified atom stereocenters. The van der Waals surface area contributed by atoms with Crippen LogP contribution in [0.3, 0.4) is 0 Å². The number of nitriles is 1. The topological polar surface area (TPSA) is 61.6 Å². The van der Waals surface area contributed by atoms with E-state index < -0.39 is 0 Å². The summed E-state index contributed by atoms with van der Waals surface area (Å²) in [6.45, 7) is 1.97. The van der Waals surface area contributed by atoms with Crippen molar-refractivity contribution in [3.63, 3.8) is 0 Å². The first-order chi connectivity index (χ1) is 8.28. The van der Waals surface area contributed by atoms with Gasteiger partial charge in [-0.05, 0) is 31.7 Å². The summed E-state index contributed by atoms with van der Waals surface area (Å²) < 4.78 is 0. The molecule has 1 aromatic heterocycles. The molecule has 1 saturated carbocycles. The number of nitrogens with one attached hydrogen (secondary N) is 1. The Morgan fingerprint density at radius 1 is 1.53 bits per heavy atom. The van der Waals surface area contributed by atoms with Gasteiger partial charge in [-0.3, -0.25) is 5.32 Å². The maximum atomic E-state index is 8.98. The van der Waals surface area contributed by atoms with Gasteiger partial charge in [0.15, 0.2) is 5.16 Å². The first-order valence-electron chi connectivity index (χ1n) is 5.85. The minimum absolute atomic E-state index is 0.0274. The largest absolute Gasteiger partial charge is 0.299 e. The van der Waals surface area contributed by atoms with Crippen LogP contribution < -0.4 is 5.32 Å². The van der Waals surface area contributed by atoms with Gasteiger partial charge in [-0.1, -0.05) is 11.8 Å². The van der Waals surface area contributed by atoms with E-state index in [4.69, 9.17) is 5.26 Å². The lowest BCUT2D eigenvalue weighted by molar-refractivity contribution is 0.587. The van der Waals surface area contributed by atoms with Crippen LogP contribution in [0.4, 0.5) is 0 Å². The normalized spacial score (nSPS) is 16.5. The summed E-state index contributed by atoms with van der Waals surface area (Å²) in [5.74, 6) is 0.876. The molecule has 4 nitrogen and oxygen atoms in total. The van der Waals surface area contributed by atoms with Crippen molar-refractivity contribution >= 4 is 11.8 Å². The zero-order valence-electron chi connectivity index (χ0n) is 9.89. The summed E-state index contributed by atoms with van der Waals surface area (Å²) in [4.78, 5) is 8.45. The quantitative estimate of drug-likeness (QED) is 0.615. The van der Waals surface area contributed by atoms with Gasteiger partial charge in [0, 0.05) is 24.2 Å². The van der Waals surface area contributed by atoms with Crippen LogP contribution in [0.15, 0.2) is 17.6 Å². The molecule has 1 aromatic rings. The van der Waals surface area contributed by atoms with Gasteiger partial charge < -0.3 is 0 Å². The molecule has 17 heavy (non-hydrogen) atoms. The van der Waals surface area contributed by atoms with Gasteiger partial charge in [0.05, 0.1) is 12.1 Å². The monoisotopic (exact) mass is 248 g/mol. The highest BCUT2D eigenvalue weighted by Gasteiger charge is 2.24. The summed E-state index contributed by atoms with van der Waals surface area (Å²) in [6.07, 6.45) is 6.91. The highest BCUT2D eigenvalue weighted by Crippen LogP contribution is 2.21. The molecule has 2 rings (SSSR count). The second-order valence-corrected chi connectivity index (χ2v) is 5.36. The fraction of sp³-hybridized carbons (Fsp3) is 0.583. The Morgan fingerprint density at radius 3 is 2.82 bits per heavy atom. The summed E-state index contributed by atoms with van der Waals surface area (Å²) in [5, 5.41) is 13.1. The molecule has 0 aliphatic heterocycles. The lowest BCUT2D eigenvalue weighted by Gasteiger charge is -2.09. The zero-order chi connectivity index (χ0) is 12.1. The van der Waals surface area contributed by atoms with E-state index in [2.05, 4.69) is 21.4 Å². The van der Waals surface area contributed by atoms with E-state index in [0.717, 1.165) is 22.9 Å². The van der Waals surface area contributed by atoms with Gasteiger partial charge in [0.25, 0.3) is 0 Å². The summed E-state index contributed by atoms with van der Waals surface area (Å²) in [7, 11) is 0. The van der Waals surface area contributed by atoms with Crippen molar-refractivity contribution in [3.8, 4) is 6.07 Å². The zero-order valence-corrected chi connectivity index (χ0v) is 10.7. The van der Waals surface area contributed by atoms with Crippen molar-refractivity contribution < 1.29 is 0 Å². The molecule has 0 saturated heterocycles. The van der Waals surface area contributed by atoms with Crippen LogP contribution in [0.5, 0.6) is 0 Å². The molecule has 0 aromatic carbocycles. The number of hydrogen-bond donors (Lipinski definition) is 1. The Labute approximate surface area is 106 Å². The highest BCUT2D eigenvalue weighted by atomic mass is 32.2. The third-order valence-electron chi connectivity index (χ3n) is 2.57. The molecule has 5 heteroatoms. The first kappa shape index (κ1) is 12.3. The molecule has 0 bridgehead atoms. The summed E-state index contributed by atoms with van der Waals surface area (Å²) >= 11 is 1.61. The number of aromatic nitrogens is 2. The van der Waals surface area contributed by atoms with Crippen molar-refractivity contribution in [3.05, 3.63) is 18.0 Å². The molecule has 0 spiro atoms. The summed E-state index contributed by atoms with van der Waals surface area (Å²) in [6, 6.07) is 2.86. The minimum Gasteiger partial charge on any atom is -0.299 e. The summed E-state index contributed by atoms with van der Waals surface area (Å²) in [5.41, 5.74) is 1.07. The molecular formula is C12H16N4S. The molecule has 0 amide bonds. The Hall–Kier alpha value is -1.12. The fourth-order valence-electron chi connectivity index (χ4n) is 1.44. The molecule has 90 valence electrons. The molecule has 1 atom stereocenters. The molecular weight excluding hydrogens is 232 g/mol. The van der Waals surface area contributed by atoms with Crippen LogP contribution in [-0.4, -0.2) is 27.8 Å². The predicted octanol–water partition coefficient (Wildman–Crippen LogP) is 1.91. The van der Waals surface area contributed by atoms with E-state index in [1.807, 2.05) is 19.3 Å². The third kappa shape index (κ3) is 4.33. The molecule has 1 N–H and O–H groups in total. The van der Waals surface area contributed by atoms with Crippen LogP contribution in [0.1, 0.15) is 24.8 Å². The van der Waals surface area contributed by atoms with Crippen molar-refractivity contribution in [2.24, 2.45) is 0 Å². The number of rotatable bonds is 6. The second-order valence-electron chi connectivity index (χ2n) is 4.30. The van der Waals surface area contributed by atoms with E-state index in [1.54, 1.807) is 11.8 Å². The number of aryl methyl sites for hydroxylation is 1.